The highest BCUT2D eigenvalue weighted by Gasteiger charge is 2.05. The normalized spacial score (nSPS) is 10.6. The van der Waals surface area contributed by atoms with Gasteiger partial charge in [-0.3, -0.25) is 4.79 Å². The number of fused-ring (bicyclic) bond motifs is 1. The summed E-state index contributed by atoms with van der Waals surface area (Å²) in [4.78, 5) is 15.1. The van der Waals surface area contributed by atoms with Crippen LogP contribution < -0.4 is 10.1 Å². The highest BCUT2D eigenvalue weighted by Crippen LogP contribution is 2.17. The number of H-pyrrole nitrogens is 1. The van der Waals surface area contributed by atoms with Gasteiger partial charge in [0.15, 0.2) is 0 Å². The van der Waals surface area contributed by atoms with Crippen LogP contribution in [0.15, 0.2) is 60.8 Å². The molecule has 0 saturated heterocycles. The number of ether oxygens (including phenoxy) is 1. The first kappa shape index (κ1) is 15.2. The molecule has 23 heavy (non-hydrogen) atoms. The Hall–Kier alpha value is -2.75. The van der Waals surface area contributed by atoms with Gasteiger partial charge in [-0.25, -0.2) is 0 Å². The summed E-state index contributed by atoms with van der Waals surface area (Å²) < 4.78 is 5.52. The molecule has 0 bridgehead atoms. The Morgan fingerprint density at radius 1 is 1.04 bits per heavy atom. The molecule has 1 aromatic heterocycles. The molecular formula is C19H20N2O2. The Kier molecular flexibility index (Phi) is 4.94. The summed E-state index contributed by atoms with van der Waals surface area (Å²) in [5.41, 5.74) is 2.35. The number of rotatable bonds is 7. The van der Waals surface area contributed by atoms with Crippen LogP contribution in [-0.2, 0) is 11.2 Å². The van der Waals surface area contributed by atoms with Gasteiger partial charge in [-0.1, -0.05) is 36.4 Å². The van der Waals surface area contributed by atoms with Crippen LogP contribution in [0.25, 0.3) is 10.9 Å². The maximum Gasteiger partial charge on any atom is 0.223 e. The monoisotopic (exact) mass is 308 g/mol. The van der Waals surface area contributed by atoms with Crippen molar-refractivity contribution in [1.29, 1.82) is 0 Å². The van der Waals surface area contributed by atoms with E-state index in [1.54, 1.807) is 0 Å². The SMILES string of the molecule is O=C(CCOc1ccccc1)NCCc1c[nH]c2ccccc12. The largest absolute Gasteiger partial charge is 0.493 e. The van der Waals surface area contributed by atoms with E-state index in [-0.39, 0.29) is 5.91 Å². The average molecular weight is 308 g/mol. The third kappa shape index (κ3) is 4.13. The summed E-state index contributed by atoms with van der Waals surface area (Å²) in [6, 6.07) is 17.7. The zero-order valence-electron chi connectivity index (χ0n) is 12.9. The lowest BCUT2D eigenvalue weighted by atomic mass is 10.1. The molecule has 118 valence electrons. The fourth-order valence-electron chi connectivity index (χ4n) is 2.54. The van der Waals surface area contributed by atoms with Gasteiger partial charge in [-0.2, -0.15) is 0 Å². The van der Waals surface area contributed by atoms with Crippen molar-refractivity contribution >= 4 is 16.8 Å². The average Bonchev–Trinajstić information content (AvgIpc) is 2.99. The molecule has 0 aliphatic heterocycles. The molecule has 0 radical (unpaired) electrons. The van der Waals surface area contributed by atoms with Gasteiger partial charge in [-0.05, 0) is 30.2 Å². The van der Waals surface area contributed by atoms with Crippen LogP contribution in [-0.4, -0.2) is 24.0 Å². The van der Waals surface area contributed by atoms with Gasteiger partial charge >= 0.3 is 0 Å². The molecule has 3 aromatic rings. The number of hydrogen-bond donors (Lipinski definition) is 2. The number of carbonyl (C=O) groups is 1. The number of nitrogens with one attached hydrogen (secondary N) is 2. The zero-order chi connectivity index (χ0) is 15.9. The smallest absolute Gasteiger partial charge is 0.223 e. The van der Waals surface area contributed by atoms with E-state index in [2.05, 4.69) is 22.4 Å². The van der Waals surface area contributed by atoms with Gasteiger partial charge in [0.2, 0.25) is 5.91 Å². The Labute approximate surface area is 135 Å². The van der Waals surface area contributed by atoms with Crippen LogP contribution in [0.5, 0.6) is 5.75 Å². The molecule has 3 rings (SSSR count). The third-order valence-electron chi connectivity index (χ3n) is 3.73. The molecule has 0 atom stereocenters. The molecule has 4 nitrogen and oxygen atoms in total. The molecule has 0 spiro atoms. The van der Waals surface area contributed by atoms with E-state index < -0.39 is 0 Å². The van der Waals surface area contributed by atoms with Gasteiger partial charge < -0.3 is 15.0 Å². The Morgan fingerprint density at radius 3 is 2.70 bits per heavy atom. The molecule has 0 aliphatic rings. The minimum absolute atomic E-state index is 0.0146. The van der Waals surface area contributed by atoms with Gasteiger partial charge in [0.05, 0.1) is 13.0 Å². The number of aromatic amines is 1. The highest BCUT2D eigenvalue weighted by molar-refractivity contribution is 5.83. The Morgan fingerprint density at radius 2 is 1.83 bits per heavy atom. The van der Waals surface area contributed by atoms with E-state index in [0.717, 1.165) is 17.7 Å². The van der Waals surface area contributed by atoms with E-state index in [4.69, 9.17) is 4.74 Å². The second kappa shape index (κ2) is 7.49. The van der Waals surface area contributed by atoms with E-state index in [1.807, 2.05) is 48.7 Å². The van der Waals surface area contributed by atoms with Crippen molar-refractivity contribution in [3.05, 3.63) is 66.4 Å². The van der Waals surface area contributed by atoms with Crippen LogP contribution >= 0.6 is 0 Å². The molecule has 0 unspecified atom stereocenters. The topological polar surface area (TPSA) is 54.1 Å². The van der Waals surface area contributed by atoms with Gasteiger partial charge in [0.1, 0.15) is 5.75 Å². The molecule has 4 heteroatoms. The Bertz CT molecular complexity index is 765. The first-order valence-electron chi connectivity index (χ1n) is 7.82. The van der Waals surface area contributed by atoms with Crippen molar-refractivity contribution in [1.82, 2.24) is 10.3 Å². The van der Waals surface area contributed by atoms with E-state index in [0.29, 0.717) is 19.6 Å². The second-order valence-corrected chi connectivity index (χ2v) is 5.37. The first-order valence-corrected chi connectivity index (χ1v) is 7.82. The van der Waals surface area contributed by atoms with Crippen molar-refractivity contribution in [3.8, 4) is 5.75 Å². The van der Waals surface area contributed by atoms with Crippen molar-refractivity contribution < 1.29 is 9.53 Å². The van der Waals surface area contributed by atoms with Crippen LogP contribution in [0.2, 0.25) is 0 Å². The van der Waals surface area contributed by atoms with Crippen molar-refractivity contribution in [2.45, 2.75) is 12.8 Å². The Balaban J connectivity index is 1.39. The number of aromatic nitrogens is 1. The fraction of sp³-hybridized carbons (Fsp3) is 0.211. The lowest BCUT2D eigenvalue weighted by Gasteiger charge is -2.07. The fourth-order valence-corrected chi connectivity index (χ4v) is 2.54. The second-order valence-electron chi connectivity index (χ2n) is 5.37. The molecule has 1 heterocycles. The molecule has 0 aliphatic carbocycles. The standard InChI is InChI=1S/C19H20N2O2/c22-19(11-13-23-16-6-2-1-3-7-16)20-12-10-15-14-21-18-9-5-4-8-17(15)18/h1-9,14,21H,10-13H2,(H,20,22). The van der Waals surface area contributed by atoms with Gasteiger partial charge in [-0.15, -0.1) is 0 Å². The summed E-state index contributed by atoms with van der Waals surface area (Å²) in [6.07, 6.45) is 3.19. The quantitative estimate of drug-likeness (QED) is 0.703. The van der Waals surface area contributed by atoms with Crippen LogP contribution in [0, 0.1) is 0 Å². The molecule has 0 saturated carbocycles. The zero-order valence-corrected chi connectivity index (χ0v) is 12.9. The van der Waals surface area contributed by atoms with E-state index in [9.17, 15) is 4.79 Å². The number of amides is 1. The summed E-state index contributed by atoms with van der Waals surface area (Å²) in [6.45, 7) is 1.02. The summed E-state index contributed by atoms with van der Waals surface area (Å²) in [7, 11) is 0. The van der Waals surface area contributed by atoms with Gasteiger partial charge in [0, 0.05) is 23.6 Å². The van der Waals surface area contributed by atoms with E-state index in [1.165, 1.54) is 10.9 Å². The lowest BCUT2D eigenvalue weighted by molar-refractivity contribution is -0.121. The number of benzene rings is 2. The van der Waals surface area contributed by atoms with Crippen LogP contribution in [0.1, 0.15) is 12.0 Å². The first-order chi connectivity index (χ1) is 11.3. The number of hydrogen-bond acceptors (Lipinski definition) is 2. The predicted molar refractivity (Wildman–Crippen MR) is 91.6 cm³/mol. The molecular weight excluding hydrogens is 288 g/mol. The molecule has 0 fully saturated rings. The van der Waals surface area contributed by atoms with Crippen molar-refractivity contribution in [3.63, 3.8) is 0 Å². The van der Waals surface area contributed by atoms with Crippen molar-refractivity contribution in [2.24, 2.45) is 0 Å². The van der Waals surface area contributed by atoms with Crippen LogP contribution in [0.4, 0.5) is 0 Å². The van der Waals surface area contributed by atoms with E-state index >= 15 is 0 Å². The summed E-state index contributed by atoms with van der Waals surface area (Å²) in [5.74, 6) is 0.805. The highest BCUT2D eigenvalue weighted by atomic mass is 16.5. The number of carbonyl (C=O) groups excluding carboxylic acids is 1. The lowest BCUT2D eigenvalue weighted by Crippen LogP contribution is -2.26. The predicted octanol–water partition coefficient (Wildman–Crippen LogP) is 3.30. The minimum Gasteiger partial charge on any atom is -0.493 e. The number of para-hydroxylation sites is 2. The minimum atomic E-state index is 0.0146. The maximum absolute atomic E-state index is 11.8. The maximum atomic E-state index is 11.8. The molecule has 1 amide bonds. The molecule has 2 aromatic carbocycles. The summed E-state index contributed by atoms with van der Waals surface area (Å²) in [5, 5.41) is 4.16. The molecule has 2 N–H and O–H groups in total. The third-order valence-corrected chi connectivity index (χ3v) is 3.73. The van der Waals surface area contributed by atoms with Crippen molar-refractivity contribution in [2.75, 3.05) is 13.2 Å². The van der Waals surface area contributed by atoms with Crippen LogP contribution in [0.3, 0.4) is 0 Å². The summed E-state index contributed by atoms with van der Waals surface area (Å²) >= 11 is 0. The van der Waals surface area contributed by atoms with Gasteiger partial charge in [0.25, 0.3) is 0 Å².